The van der Waals surface area contributed by atoms with Crippen LogP contribution in [0.15, 0.2) is 48.8 Å². The van der Waals surface area contributed by atoms with Gasteiger partial charge in [-0.1, -0.05) is 6.92 Å². The number of pyridine rings is 1. The molecule has 4 rings (SSSR count). The fourth-order valence-electron chi connectivity index (χ4n) is 3.08. The van der Waals surface area contributed by atoms with Gasteiger partial charge in [0.2, 0.25) is 0 Å². The second-order valence-electron chi connectivity index (χ2n) is 7.03. The molecule has 7 nitrogen and oxygen atoms in total. The third-order valence-electron chi connectivity index (χ3n) is 4.93. The van der Waals surface area contributed by atoms with Gasteiger partial charge in [0.1, 0.15) is 11.6 Å². The van der Waals surface area contributed by atoms with Crippen molar-refractivity contribution in [2.75, 3.05) is 31.6 Å². The summed E-state index contributed by atoms with van der Waals surface area (Å²) in [7, 11) is 1.69. The van der Waals surface area contributed by atoms with E-state index in [9.17, 15) is 17.8 Å². The Kier molecular flexibility index (Phi) is 7.69. The number of nitrogens with zero attached hydrogens (tertiary/aromatic N) is 4. The number of benzene rings is 1. The summed E-state index contributed by atoms with van der Waals surface area (Å²) in [5.74, 6) is -1.20. The summed E-state index contributed by atoms with van der Waals surface area (Å²) in [6.45, 7) is 4.54. The summed E-state index contributed by atoms with van der Waals surface area (Å²) in [6, 6.07) is 8.30. The molecule has 1 amide bonds. The van der Waals surface area contributed by atoms with Gasteiger partial charge in [-0.25, -0.2) is 21.8 Å². The largest absolute Gasteiger partial charge is 0.371 e. The van der Waals surface area contributed by atoms with Crippen LogP contribution in [0, 0.1) is 11.6 Å². The first-order chi connectivity index (χ1) is 14.9. The molecule has 0 radical (unpaired) electrons. The van der Waals surface area contributed by atoms with Crippen LogP contribution < -0.4 is 9.62 Å². The van der Waals surface area contributed by atoms with Gasteiger partial charge in [0, 0.05) is 38.6 Å². The van der Waals surface area contributed by atoms with Crippen molar-refractivity contribution < 1.29 is 17.8 Å². The van der Waals surface area contributed by atoms with E-state index in [1.807, 2.05) is 25.3 Å². The zero-order chi connectivity index (χ0) is 22.4. The molecular formula is C21H25F2N5O2S. The molecule has 0 bridgehead atoms. The second-order valence-corrected chi connectivity index (χ2v) is 8.35. The van der Waals surface area contributed by atoms with Gasteiger partial charge in [-0.15, -0.1) is 0 Å². The molecule has 1 saturated heterocycles. The molecule has 31 heavy (non-hydrogen) atoms. The van der Waals surface area contributed by atoms with Crippen LogP contribution in [0.2, 0.25) is 0 Å². The number of rotatable bonds is 5. The first-order valence-corrected chi connectivity index (χ1v) is 11.1. The van der Waals surface area contributed by atoms with Crippen LogP contribution in [0.4, 0.5) is 14.5 Å². The normalized spacial score (nSPS) is 14.4. The molecule has 2 aromatic heterocycles. The van der Waals surface area contributed by atoms with Crippen LogP contribution in [0.5, 0.6) is 0 Å². The van der Waals surface area contributed by atoms with Crippen LogP contribution >= 0.6 is 0 Å². The van der Waals surface area contributed by atoms with Gasteiger partial charge < -0.3 is 4.90 Å². The lowest BCUT2D eigenvalue weighted by molar-refractivity contribution is 0.0983. The Balaban J connectivity index is 0.000000287. The van der Waals surface area contributed by atoms with E-state index in [1.165, 1.54) is 19.0 Å². The molecule has 3 heterocycles. The van der Waals surface area contributed by atoms with Crippen molar-refractivity contribution in [3.63, 3.8) is 0 Å². The molecule has 1 aromatic carbocycles. The zero-order valence-electron chi connectivity index (χ0n) is 17.4. The van der Waals surface area contributed by atoms with Gasteiger partial charge in [0.25, 0.3) is 5.91 Å². The van der Waals surface area contributed by atoms with Gasteiger partial charge in [-0.05, 0) is 49.2 Å². The molecule has 166 valence electrons. The minimum Gasteiger partial charge on any atom is -0.371 e. The molecule has 1 fully saturated rings. The Morgan fingerprint density at radius 2 is 1.77 bits per heavy atom. The van der Waals surface area contributed by atoms with Crippen molar-refractivity contribution in [1.29, 1.82) is 0 Å². The van der Waals surface area contributed by atoms with Crippen molar-refractivity contribution in [2.45, 2.75) is 19.8 Å². The molecule has 3 aromatic rings. The smallest absolute Gasteiger partial charge is 0.267 e. The van der Waals surface area contributed by atoms with Crippen molar-refractivity contribution in [1.82, 2.24) is 18.6 Å². The Labute approximate surface area is 182 Å². The minimum atomic E-state index is -1.54. The predicted octanol–water partition coefficient (Wildman–Crippen LogP) is 3.16. The van der Waals surface area contributed by atoms with Crippen molar-refractivity contribution >= 4 is 28.3 Å². The van der Waals surface area contributed by atoms with Crippen LogP contribution in [0.1, 0.15) is 30.1 Å². The van der Waals surface area contributed by atoms with Crippen molar-refractivity contribution in [3.05, 3.63) is 66.0 Å². The number of anilines is 1. The van der Waals surface area contributed by atoms with E-state index in [0.717, 1.165) is 48.6 Å². The third-order valence-corrected chi connectivity index (χ3v) is 6.12. The third kappa shape index (κ3) is 5.86. The number of nitrogens with one attached hydrogen (secondary N) is 1. The van der Waals surface area contributed by atoms with Gasteiger partial charge in [0.15, 0.2) is 11.2 Å². The summed E-state index contributed by atoms with van der Waals surface area (Å²) in [6.07, 6.45) is 5.76. The van der Waals surface area contributed by atoms with Crippen LogP contribution in [-0.2, 0) is 11.2 Å². The SMILES string of the molecule is CCN(C)S(=O)NC(=O)c1cnn2ccc(N3CCCC3)cc12.Fc1ccc(F)cc1. The highest BCUT2D eigenvalue weighted by Gasteiger charge is 2.18. The number of fused-ring (bicyclic) bond motifs is 1. The fraction of sp³-hybridized carbons (Fsp3) is 0.333. The second kappa shape index (κ2) is 10.5. The summed E-state index contributed by atoms with van der Waals surface area (Å²) >= 11 is -1.54. The Morgan fingerprint density at radius 1 is 1.16 bits per heavy atom. The monoisotopic (exact) mass is 449 g/mol. The maximum Gasteiger partial charge on any atom is 0.267 e. The number of hydrogen-bond acceptors (Lipinski definition) is 4. The topological polar surface area (TPSA) is 70.0 Å². The lowest BCUT2D eigenvalue weighted by Gasteiger charge is -2.17. The standard InChI is InChI=1S/C15H21N5O2S.C6H4F2/c1-3-18(2)23(22)17-15(21)13-11-16-20-9-6-12(10-14(13)20)19-7-4-5-8-19;7-5-1-2-6(8)4-3-5/h6,9-11H,3-5,7-8H2,1-2H3,(H,17,21);1-4H. The molecular weight excluding hydrogens is 424 g/mol. The van der Waals surface area contributed by atoms with E-state index in [-0.39, 0.29) is 5.91 Å². The van der Waals surface area contributed by atoms with Gasteiger partial charge in [0.05, 0.1) is 17.3 Å². The van der Waals surface area contributed by atoms with E-state index in [4.69, 9.17) is 0 Å². The summed E-state index contributed by atoms with van der Waals surface area (Å²) in [4.78, 5) is 14.7. The Morgan fingerprint density at radius 3 is 2.35 bits per heavy atom. The molecule has 0 spiro atoms. The first-order valence-electron chi connectivity index (χ1n) is 9.96. The molecule has 1 aliphatic rings. The number of aromatic nitrogens is 2. The molecule has 0 saturated carbocycles. The highest BCUT2D eigenvalue weighted by atomic mass is 32.2. The number of hydrogen-bond donors (Lipinski definition) is 1. The first kappa shape index (κ1) is 22.8. The summed E-state index contributed by atoms with van der Waals surface area (Å²) in [5, 5.41) is 4.20. The molecule has 1 aliphatic heterocycles. The zero-order valence-corrected chi connectivity index (χ0v) is 18.2. The molecule has 1 unspecified atom stereocenters. The van der Waals surface area contributed by atoms with Gasteiger partial charge in [-0.2, -0.15) is 5.10 Å². The highest BCUT2D eigenvalue weighted by molar-refractivity contribution is 7.81. The Hall–Kier alpha value is -2.85. The van der Waals surface area contributed by atoms with E-state index in [0.29, 0.717) is 12.1 Å². The fourth-order valence-corrected chi connectivity index (χ4v) is 3.73. The number of amides is 1. The molecule has 1 N–H and O–H groups in total. The number of halogens is 2. The van der Waals surface area contributed by atoms with Gasteiger partial charge >= 0.3 is 0 Å². The summed E-state index contributed by atoms with van der Waals surface area (Å²) in [5.41, 5.74) is 2.25. The highest BCUT2D eigenvalue weighted by Crippen LogP contribution is 2.23. The molecule has 0 aliphatic carbocycles. The van der Waals surface area contributed by atoms with E-state index in [1.54, 1.807) is 15.9 Å². The predicted molar refractivity (Wildman–Crippen MR) is 117 cm³/mol. The maximum absolute atomic E-state index is 12.4. The number of carbonyl (C=O) groups is 1. The average Bonchev–Trinajstić information content (AvgIpc) is 3.45. The van der Waals surface area contributed by atoms with Crippen molar-refractivity contribution in [3.8, 4) is 0 Å². The number of carbonyl (C=O) groups excluding carboxylic acids is 1. The molecule has 1 atom stereocenters. The maximum atomic E-state index is 12.4. The van der Waals surface area contributed by atoms with Crippen LogP contribution in [0.25, 0.3) is 5.52 Å². The quantitative estimate of drug-likeness (QED) is 0.650. The lowest BCUT2D eigenvalue weighted by Crippen LogP contribution is -2.36. The minimum absolute atomic E-state index is 0.378. The Bertz CT molecular complexity index is 1030. The van der Waals surface area contributed by atoms with E-state index in [2.05, 4.69) is 14.7 Å². The van der Waals surface area contributed by atoms with E-state index < -0.39 is 22.8 Å². The average molecular weight is 450 g/mol. The lowest BCUT2D eigenvalue weighted by atomic mass is 10.2. The van der Waals surface area contributed by atoms with Crippen molar-refractivity contribution in [2.24, 2.45) is 0 Å². The van der Waals surface area contributed by atoms with Gasteiger partial charge in [-0.3, -0.25) is 9.52 Å². The van der Waals surface area contributed by atoms with Crippen LogP contribution in [0.3, 0.4) is 0 Å². The van der Waals surface area contributed by atoms with E-state index >= 15 is 0 Å². The molecule has 10 heteroatoms. The van der Waals surface area contributed by atoms with Crippen LogP contribution in [-0.4, -0.2) is 50.7 Å². The summed E-state index contributed by atoms with van der Waals surface area (Å²) < 4.78 is 41.5.